The summed E-state index contributed by atoms with van der Waals surface area (Å²) in [5, 5.41) is 0.700. The Morgan fingerprint density at radius 3 is 2.57 bits per heavy atom. The zero-order valence-electron chi connectivity index (χ0n) is 12.4. The maximum absolute atomic E-state index is 12.3. The normalized spacial score (nSPS) is 11.2. The third-order valence-electron chi connectivity index (χ3n) is 3.46. The highest BCUT2D eigenvalue weighted by Gasteiger charge is 2.11. The van der Waals surface area contributed by atoms with E-state index in [1.54, 1.807) is 30.3 Å². The van der Waals surface area contributed by atoms with Crippen LogP contribution >= 0.6 is 15.9 Å². The van der Waals surface area contributed by atoms with E-state index in [1.807, 2.05) is 31.2 Å². The smallest absolute Gasteiger partial charge is 0.347 e. The maximum atomic E-state index is 12.3. The Kier molecular flexibility index (Phi) is 4.26. The predicted molar refractivity (Wildman–Crippen MR) is 94.7 cm³/mol. The van der Waals surface area contributed by atoms with E-state index in [9.17, 15) is 9.59 Å². The third kappa shape index (κ3) is 3.48. The van der Waals surface area contributed by atoms with Gasteiger partial charge in [0.05, 0.1) is 0 Å². The quantitative estimate of drug-likeness (QED) is 0.380. The fourth-order valence-corrected chi connectivity index (χ4v) is 2.58. The molecular weight excluding hydrogens is 356 g/mol. The average molecular weight is 369 g/mol. The van der Waals surface area contributed by atoms with Crippen molar-refractivity contribution in [2.45, 2.75) is 6.92 Å². The van der Waals surface area contributed by atoms with Crippen molar-refractivity contribution in [3.05, 3.63) is 86.2 Å². The van der Waals surface area contributed by atoms with Crippen LogP contribution in [-0.4, -0.2) is 5.78 Å². The molecule has 0 atom stereocenters. The van der Waals surface area contributed by atoms with Gasteiger partial charge < -0.3 is 4.42 Å². The number of benzene rings is 2. The molecule has 0 fully saturated rings. The summed E-state index contributed by atoms with van der Waals surface area (Å²) < 4.78 is 6.06. The molecule has 0 aliphatic heterocycles. The number of halogens is 1. The minimum Gasteiger partial charge on any atom is -0.422 e. The number of ketones is 1. The molecule has 0 amide bonds. The molecule has 1 heterocycles. The fourth-order valence-electron chi connectivity index (χ4n) is 2.21. The molecule has 0 bridgehead atoms. The zero-order chi connectivity index (χ0) is 16.4. The molecule has 0 radical (unpaired) electrons. The van der Waals surface area contributed by atoms with Crippen LogP contribution in [-0.2, 0) is 0 Å². The second-order valence-corrected chi connectivity index (χ2v) is 6.15. The van der Waals surface area contributed by atoms with Gasteiger partial charge in [0.15, 0.2) is 5.78 Å². The summed E-state index contributed by atoms with van der Waals surface area (Å²) in [6.07, 6.45) is 3.08. The van der Waals surface area contributed by atoms with Crippen LogP contribution in [0, 0.1) is 6.92 Å². The molecule has 114 valence electrons. The molecule has 0 aliphatic rings. The van der Waals surface area contributed by atoms with Crippen LogP contribution in [0.15, 0.2) is 68.3 Å². The molecule has 3 nitrogen and oxygen atoms in total. The number of hydrogen-bond donors (Lipinski definition) is 0. The Morgan fingerprint density at radius 1 is 1.09 bits per heavy atom. The van der Waals surface area contributed by atoms with Crippen molar-refractivity contribution in [1.82, 2.24) is 0 Å². The highest BCUT2D eigenvalue weighted by atomic mass is 79.9. The number of allylic oxidation sites excluding steroid dienone is 1. The van der Waals surface area contributed by atoms with E-state index in [2.05, 4.69) is 15.9 Å². The van der Waals surface area contributed by atoms with Gasteiger partial charge in [-0.05, 0) is 42.8 Å². The van der Waals surface area contributed by atoms with Crippen LogP contribution in [0.5, 0.6) is 0 Å². The van der Waals surface area contributed by atoms with Gasteiger partial charge in [-0.1, -0.05) is 51.8 Å². The molecule has 4 heteroatoms. The molecule has 0 unspecified atom stereocenters. The lowest BCUT2D eigenvalue weighted by Crippen LogP contribution is -2.11. The lowest BCUT2D eigenvalue weighted by atomic mass is 10.1. The van der Waals surface area contributed by atoms with Crippen LogP contribution in [0.4, 0.5) is 0 Å². The van der Waals surface area contributed by atoms with Crippen molar-refractivity contribution in [3.63, 3.8) is 0 Å². The fraction of sp³-hybridized carbons (Fsp3) is 0.0526. The van der Waals surface area contributed by atoms with Gasteiger partial charge in [0.1, 0.15) is 11.1 Å². The zero-order valence-corrected chi connectivity index (χ0v) is 14.0. The van der Waals surface area contributed by atoms with Gasteiger partial charge in [-0.15, -0.1) is 0 Å². The summed E-state index contributed by atoms with van der Waals surface area (Å²) in [5.41, 5.74) is 1.90. The summed E-state index contributed by atoms with van der Waals surface area (Å²) in [6.45, 7) is 2.00. The van der Waals surface area contributed by atoms with E-state index in [0.29, 0.717) is 11.0 Å². The van der Waals surface area contributed by atoms with E-state index in [0.717, 1.165) is 15.6 Å². The van der Waals surface area contributed by atoms with Gasteiger partial charge in [-0.3, -0.25) is 4.79 Å². The molecular formula is C19H13BrO3. The number of rotatable bonds is 3. The van der Waals surface area contributed by atoms with Crippen molar-refractivity contribution in [3.8, 4) is 0 Å². The molecule has 3 rings (SSSR count). The standard InChI is InChI=1S/C19H13BrO3/c1-12-2-4-13(5-3-12)6-8-17(21)16-11-14-10-15(20)7-9-18(14)23-19(16)22/h2-11H,1H3. The van der Waals surface area contributed by atoms with Crippen LogP contribution in [0.1, 0.15) is 21.5 Å². The second-order valence-electron chi connectivity index (χ2n) is 5.24. The van der Waals surface area contributed by atoms with Crippen LogP contribution in [0.3, 0.4) is 0 Å². The second kappa shape index (κ2) is 6.34. The van der Waals surface area contributed by atoms with Gasteiger partial charge >= 0.3 is 5.63 Å². The van der Waals surface area contributed by atoms with Gasteiger partial charge in [0, 0.05) is 9.86 Å². The Morgan fingerprint density at radius 2 is 1.83 bits per heavy atom. The summed E-state index contributed by atoms with van der Waals surface area (Å²) in [4.78, 5) is 24.3. The first-order valence-corrected chi connectivity index (χ1v) is 7.85. The number of aryl methyl sites for hydroxylation is 1. The first kappa shape index (κ1) is 15.4. The van der Waals surface area contributed by atoms with Gasteiger partial charge in [-0.25, -0.2) is 4.79 Å². The Labute approximate surface area is 141 Å². The number of carbonyl (C=O) groups is 1. The average Bonchev–Trinajstić information content (AvgIpc) is 2.54. The van der Waals surface area contributed by atoms with Gasteiger partial charge in [-0.2, -0.15) is 0 Å². The lowest BCUT2D eigenvalue weighted by molar-refractivity contribution is 0.104. The Bertz CT molecular complexity index is 966. The number of fused-ring (bicyclic) bond motifs is 1. The number of hydrogen-bond acceptors (Lipinski definition) is 3. The third-order valence-corrected chi connectivity index (χ3v) is 3.96. The minimum atomic E-state index is -0.627. The molecule has 0 N–H and O–H groups in total. The summed E-state index contributed by atoms with van der Waals surface area (Å²) in [7, 11) is 0. The van der Waals surface area contributed by atoms with Crippen LogP contribution < -0.4 is 5.63 Å². The van der Waals surface area contributed by atoms with E-state index in [1.165, 1.54) is 6.08 Å². The summed E-state index contributed by atoms with van der Waals surface area (Å²) in [5.74, 6) is -0.374. The molecule has 23 heavy (non-hydrogen) atoms. The molecule has 0 saturated heterocycles. The molecule has 0 aliphatic carbocycles. The molecule has 2 aromatic carbocycles. The lowest BCUT2D eigenvalue weighted by Gasteiger charge is -2.00. The van der Waals surface area contributed by atoms with E-state index >= 15 is 0 Å². The van der Waals surface area contributed by atoms with Crippen molar-refractivity contribution in [2.75, 3.05) is 0 Å². The highest BCUT2D eigenvalue weighted by molar-refractivity contribution is 9.10. The minimum absolute atomic E-state index is 0.0268. The largest absolute Gasteiger partial charge is 0.422 e. The number of carbonyl (C=O) groups excluding carboxylic acids is 1. The molecule has 0 spiro atoms. The molecule has 1 aromatic heterocycles. The Balaban J connectivity index is 1.95. The van der Waals surface area contributed by atoms with Gasteiger partial charge in [0.2, 0.25) is 0 Å². The Hall–Kier alpha value is -2.46. The predicted octanol–water partition coefficient (Wildman–Crippen LogP) is 4.76. The molecule has 3 aromatic rings. The van der Waals surface area contributed by atoms with E-state index in [-0.39, 0.29) is 11.3 Å². The summed E-state index contributed by atoms with van der Waals surface area (Å²) >= 11 is 3.36. The maximum Gasteiger partial charge on any atom is 0.347 e. The van der Waals surface area contributed by atoms with Crippen LogP contribution in [0.25, 0.3) is 17.0 Å². The van der Waals surface area contributed by atoms with Crippen LogP contribution in [0.2, 0.25) is 0 Å². The topological polar surface area (TPSA) is 47.3 Å². The first-order chi connectivity index (χ1) is 11.0. The van der Waals surface area contributed by atoms with E-state index in [4.69, 9.17) is 4.42 Å². The van der Waals surface area contributed by atoms with Crippen molar-refractivity contribution < 1.29 is 9.21 Å². The highest BCUT2D eigenvalue weighted by Crippen LogP contribution is 2.19. The monoisotopic (exact) mass is 368 g/mol. The summed E-state index contributed by atoms with van der Waals surface area (Å²) in [6, 6.07) is 14.6. The van der Waals surface area contributed by atoms with Crippen molar-refractivity contribution in [1.29, 1.82) is 0 Å². The first-order valence-electron chi connectivity index (χ1n) is 7.05. The van der Waals surface area contributed by atoms with Crippen molar-refractivity contribution >= 4 is 38.8 Å². The van der Waals surface area contributed by atoms with Gasteiger partial charge in [0.25, 0.3) is 0 Å². The van der Waals surface area contributed by atoms with Crippen molar-refractivity contribution in [2.24, 2.45) is 0 Å². The molecule has 0 saturated carbocycles. The SMILES string of the molecule is Cc1ccc(C=CC(=O)c2cc3cc(Br)ccc3oc2=O)cc1. The van der Waals surface area contributed by atoms with E-state index < -0.39 is 5.63 Å².